The van der Waals surface area contributed by atoms with Crippen molar-refractivity contribution in [2.45, 2.75) is 50.7 Å². The maximum absolute atomic E-state index is 13.9. The molecule has 0 spiro atoms. The van der Waals surface area contributed by atoms with Crippen LogP contribution in [0.5, 0.6) is 0 Å². The lowest BCUT2D eigenvalue weighted by Gasteiger charge is -2.22. The number of aliphatic hydroxyl groups is 1. The van der Waals surface area contributed by atoms with E-state index in [9.17, 15) is 9.50 Å². The van der Waals surface area contributed by atoms with E-state index in [2.05, 4.69) is 20.6 Å². The van der Waals surface area contributed by atoms with Crippen LogP contribution in [0.4, 0.5) is 10.2 Å². The van der Waals surface area contributed by atoms with Crippen LogP contribution in [0, 0.1) is 5.82 Å². The van der Waals surface area contributed by atoms with Gasteiger partial charge in [0.05, 0.1) is 12.1 Å². The van der Waals surface area contributed by atoms with Crippen LogP contribution in [-0.4, -0.2) is 53.9 Å². The summed E-state index contributed by atoms with van der Waals surface area (Å²) in [6.07, 6.45) is 6.31. The number of hydrogen-bond donors (Lipinski definition) is 3. The lowest BCUT2D eigenvalue weighted by molar-refractivity contribution is 0.0574. The molecule has 1 aromatic rings. The Balaban J connectivity index is 1.58. The molecular formula is C18H28FN5O. The van der Waals surface area contributed by atoms with Gasteiger partial charge in [-0.3, -0.25) is 4.99 Å². The number of aromatic nitrogens is 1. The van der Waals surface area contributed by atoms with Crippen molar-refractivity contribution in [2.75, 3.05) is 31.1 Å². The smallest absolute Gasteiger partial charge is 0.191 e. The second-order valence-electron chi connectivity index (χ2n) is 7.01. The second kappa shape index (κ2) is 7.99. The number of hydrogen-bond acceptors (Lipinski definition) is 4. The first-order chi connectivity index (χ1) is 12.1. The molecule has 1 aliphatic carbocycles. The normalized spacial score (nSPS) is 23.1. The number of anilines is 1. The van der Waals surface area contributed by atoms with Gasteiger partial charge in [-0.05, 0) is 38.3 Å². The van der Waals surface area contributed by atoms with Crippen molar-refractivity contribution in [1.29, 1.82) is 0 Å². The van der Waals surface area contributed by atoms with Crippen LogP contribution in [0.25, 0.3) is 0 Å². The zero-order valence-corrected chi connectivity index (χ0v) is 14.8. The monoisotopic (exact) mass is 349 g/mol. The first kappa shape index (κ1) is 17.9. The molecule has 7 heteroatoms. The number of pyridine rings is 1. The van der Waals surface area contributed by atoms with Gasteiger partial charge in [0.25, 0.3) is 0 Å². The van der Waals surface area contributed by atoms with Crippen LogP contribution in [0.1, 0.15) is 39.0 Å². The Morgan fingerprint density at radius 3 is 3.00 bits per heavy atom. The molecule has 1 unspecified atom stereocenters. The van der Waals surface area contributed by atoms with E-state index in [1.165, 1.54) is 6.07 Å². The molecule has 0 amide bonds. The minimum atomic E-state index is -0.652. The molecule has 6 nitrogen and oxygen atoms in total. The summed E-state index contributed by atoms with van der Waals surface area (Å²) >= 11 is 0. The van der Waals surface area contributed by atoms with E-state index in [-0.39, 0.29) is 11.9 Å². The molecule has 1 saturated heterocycles. The summed E-state index contributed by atoms with van der Waals surface area (Å²) in [6, 6.07) is 3.23. The van der Waals surface area contributed by atoms with Gasteiger partial charge in [-0.2, -0.15) is 0 Å². The predicted octanol–water partition coefficient (Wildman–Crippen LogP) is 1.66. The summed E-state index contributed by atoms with van der Waals surface area (Å²) in [5, 5.41) is 17.1. The van der Waals surface area contributed by atoms with E-state index in [0.29, 0.717) is 18.9 Å². The number of guanidine groups is 1. The highest BCUT2D eigenvalue weighted by molar-refractivity contribution is 5.80. The fourth-order valence-corrected chi connectivity index (χ4v) is 3.61. The van der Waals surface area contributed by atoms with Gasteiger partial charge in [-0.15, -0.1) is 0 Å². The SMILES string of the molecule is CCNC(=NCC1(O)CCCC1)NC1CCN(c2ncccc2F)C1. The van der Waals surface area contributed by atoms with Crippen molar-refractivity contribution in [3.8, 4) is 0 Å². The van der Waals surface area contributed by atoms with Gasteiger partial charge in [-0.1, -0.05) is 12.8 Å². The molecule has 0 bridgehead atoms. The van der Waals surface area contributed by atoms with Gasteiger partial charge in [0.15, 0.2) is 17.6 Å². The maximum atomic E-state index is 13.9. The minimum absolute atomic E-state index is 0.178. The van der Waals surface area contributed by atoms with Gasteiger partial charge in [0.2, 0.25) is 0 Å². The highest BCUT2D eigenvalue weighted by Crippen LogP contribution is 2.29. The van der Waals surface area contributed by atoms with Crippen molar-refractivity contribution in [1.82, 2.24) is 15.6 Å². The third kappa shape index (κ3) is 4.60. The van der Waals surface area contributed by atoms with Crippen LogP contribution in [0.15, 0.2) is 23.3 Å². The summed E-state index contributed by atoms with van der Waals surface area (Å²) < 4.78 is 13.9. The Kier molecular flexibility index (Phi) is 5.73. The highest BCUT2D eigenvalue weighted by atomic mass is 19.1. The average molecular weight is 349 g/mol. The molecule has 1 saturated carbocycles. The highest BCUT2D eigenvalue weighted by Gasteiger charge is 2.31. The van der Waals surface area contributed by atoms with Crippen LogP contribution >= 0.6 is 0 Å². The Morgan fingerprint density at radius 2 is 2.28 bits per heavy atom. The molecule has 1 aromatic heterocycles. The largest absolute Gasteiger partial charge is 0.388 e. The summed E-state index contributed by atoms with van der Waals surface area (Å²) in [6.45, 7) is 4.65. The van der Waals surface area contributed by atoms with Crippen LogP contribution in [0.2, 0.25) is 0 Å². The third-order valence-corrected chi connectivity index (χ3v) is 4.98. The third-order valence-electron chi connectivity index (χ3n) is 4.98. The number of aliphatic imine (C=N–C) groups is 1. The van der Waals surface area contributed by atoms with Crippen molar-refractivity contribution in [3.05, 3.63) is 24.1 Å². The average Bonchev–Trinajstić information content (AvgIpc) is 3.23. The van der Waals surface area contributed by atoms with E-state index in [0.717, 1.165) is 51.2 Å². The van der Waals surface area contributed by atoms with Crippen molar-refractivity contribution in [3.63, 3.8) is 0 Å². The van der Waals surface area contributed by atoms with Gasteiger partial charge in [0, 0.05) is 31.9 Å². The fraction of sp³-hybridized carbons (Fsp3) is 0.667. The van der Waals surface area contributed by atoms with E-state index in [1.54, 1.807) is 12.3 Å². The standard InChI is InChI=1S/C18H28FN5O/c1-2-20-17(22-13-18(25)8-3-4-9-18)23-14-7-11-24(12-14)16-15(19)6-5-10-21-16/h5-6,10,14,25H,2-4,7-9,11-13H2,1H3,(H2,20,22,23). The van der Waals surface area contributed by atoms with Crippen LogP contribution < -0.4 is 15.5 Å². The van der Waals surface area contributed by atoms with E-state index >= 15 is 0 Å². The van der Waals surface area contributed by atoms with Crippen molar-refractivity contribution >= 4 is 11.8 Å². The van der Waals surface area contributed by atoms with Gasteiger partial charge < -0.3 is 20.6 Å². The minimum Gasteiger partial charge on any atom is -0.388 e. The molecule has 0 aromatic carbocycles. The molecule has 2 aliphatic rings. The number of rotatable bonds is 5. The van der Waals surface area contributed by atoms with E-state index in [1.807, 2.05) is 11.8 Å². The quantitative estimate of drug-likeness (QED) is 0.557. The van der Waals surface area contributed by atoms with Crippen LogP contribution in [-0.2, 0) is 0 Å². The summed E-state index contributed by atoms with van der Waals surface area (Å²) in [5.41, 5.74) is -0.652. The molecule has 3 rings (SSSR count). The topological polar surface area (TPSA) is 72.8 Å². The molecule has 0 radical (unpaired) electrons. The zero-order valence-electron chi connectivity index (χ0n) is 14.8. The van der Waals surface area contributed by atoms with Gasteiger partial charge in [-0.25, -0.2) is 9.37 Å². The maximum Gasteiger partial charge on any atom is 0.191 e. The molecule has 25 heavy (non-hydrogen) atoms. The molecule has 1 aliphatic heterocycles. The Morgan fingerprint density at radius 1 is 1.48 bits per heavy atom. The first-order valence-corrected chi connectivity index (χ1v) is 9.22. The zero-order chi connectivity index (χ0) is 17.7. The predicted molar refractivity (Wildman–Crippen MR) is 97.3 cm³/mol. The molecule has 1 atom stereocenters. The fourth-order valence-electron chi connectivity index (χ4n) is 3.61. The first-order valence-electron chi connectivity index (χ1n) is 9.22. The van der Waals surface area contributed by atoms with E-state index in [4.69, 9.17) is 0 Å². The molecular weight excluding hydrogens is 321 g/mol. The Bertz CT molecular complexity index is 603. The molecule has 2 heterocycles. The van der Waals surface area contributed by atoms with Gasteiger partial charge >= 0.3 is 0 Å². The van der Waals surface area contributed by atoms with Gasteiger partial charge in [0.1, 0.15) is 0 Å². The number of nitrogens with zero attached hydrogens (tertiary/aromatic N) is 3. The number of halogens is 1. The van der Waals surface area contributed by atoms with Crippen molar-refractivity contribution in [2.24, 2.45) is 4.99 Å². The Labute approximate surface area is 148 Å². The summed E-state index contributed by atoms with van der Waals surface area (Å²) in [7, 11) is 0. The molecule has 2 fully saturated rings. The molecule has 138 valence electrons. The van der Waals surface area contributed by atoms with E-state index < -0.39 is 5.60 Å². The Hall–Kier alpha value is -1.89. The number of nitrogens with one attached hydrogen (secondary N) is 2. The lowest BCUT2D eigenvalue weighted by atomic mass is 10.0. The molecule has 3 N–H and O–H groups in total. The van der Waals surface area contributed by atoms with Crippen molar-refractivity contribution < 1.29 is 9.50 Å². The summed E-state index contributed by atoms with van der Waals surface area (Å²) in [5.74, 6) is 0.845. The summed E-state index contributed by atoms with van der Waals surface area (Å²) in [4.78, 5) is 10.7. The van der Waals surface area contributed by atoms with Crippen LogP contribution in [0.3, 0.4) is 0 Å². The second-order valence-corrected chi connectivity index (χ2v) is 7.01. The lowest BCUT2D eigenvalue weighted by Crippen LogP contribution is -2.45.